The molecule has 1 aromatic heterocycles. The Morgan fingerprint density at radius 3 is 2.50 bits per heavy atom. The topological polar surface area (TPSA) is 58.0 Å². The summed E-state index contributed by atoms with van der Waals surface area (Å²) in [5, 5.41) is 12.7. The van der Waals surface area contributed by atoms with Crippen molar-refractivity contribution < 1.29 is 5.11 Å². The van der Waals surface area contributed by atoms with Gasteiger partial charge in [-0.25, -0.2) is 9.97 Å². The van der Waals surface area contributed by atoms with Crippen LogP contribution in [0.4, 0.5) is 5.95 Å². The summed E-state index contributed by atoms with van der Waals surface area (Å²) < 4.78 is 0. The average Bonchev–Trinajstić information content (AvgIpc) is 2.02. The molecule has 0 spiro atoms. The van der Waals surface area contributed by atoms with E-state index in [1.807, 2.05) is 6.92 Å². The van der Waals surface area contributed by atoms with E-state index in [4.69, 9.17) is 0 Å². The fraction of sp³-hybridized carbons (Fsp3) is 0.600. The van der Waals surface area contributed by atoms with Crippen LogP contribution >= 0.6 is 0 Å². The van der Waals surface area contributed by atoms with Crippen LogP contribution in [0.25, 0.3) is 0 Å². The normalized spacial score (nSPS) is 13.7. The van der Waals surface area contributed by atoms with Crippen LogP contribution < -0.4 is 5.32 Å². The molecule has 0 aromatic carbocycles. The number of hydrogen-bond donors (Lipinski definition) is 2. The standard InChI is InChI=1S/C10H17N3O/c1-8(7-10(2,3)14)13-9-11-5-4-6-12-9/h4-6,8,14H,7H2,1-3H3,(H,11,12,13). The van der Waals surface area contributed by atoms with E-state index in [2.05, 4.69) is 15.3 Å². The summed E-state index contributed by atoms with van der Waals surface area (Å²) in [7, 11) is 0. The molecule has 0 radical (unpaired) electrons. The minimum absolute atomic E-state index is 0.150. The van der Waals surface area contributed by atoms with Crippen molar-refractivity contribution >= 4 is 5.95 Å². The zero-order valence-electron chi connectivity index (χ0n) is 8.86. The molecule has 2 N–H and O–H groups in total. The van der Waals surface area contributed by atoms with E-state index in [0.29, 0.717) is 12.4 Å². The molecule has 1 rings (SSSR count). The van der Waals surface area contributed by atoms with Crippen molar-refractivity contribution in [3.05, 3.63) is 18.5 Å². The number of nitrogens with zero attached hydrogens (tertiary/aromatic N) is 2. The van der Waals surface area contributed by atoms with Gasteiger partial charge in [-0.1, -0.05) is 0 Å². The third-order valence-electron chi connectivity index (χ3n) is 1.75. The third kappa shape index (κ3) is 4.18. The van der Waals surface area contributed by atoms with E-state index in [1.165, 1.54) is 0 Å². The predicted octanol–water partition coefficient (Wildman–Crippen LogP) is 1.44. The highest BCUT2D eigenvalue weighted by Gasteiger charge is 2.17. The van der Waals surface area contributed by atoms with Gasteiger partial charge in [0.2, 0.25) is 5.95 Å². The van der Waals surface area contributed by atoms with Gasteiger partial charge in [-0.2, -0.15) is 0 Å². The lowest BCUT2D eigenvalue weighted by molar-refractivity contribution is 0.0672. The lowest BCUT2D eigenvalue weighted by Crippen LogP contribution is -2.29. The lowest BCUT2D eigenvalue weighted by atomic mass is 10.0. The molecule has 0 amide bonds. The van der Waals surface area contributed by atoms with Crippen molar-refractivity contribution in [2.75, 3.05) is 5.32 Å². The van der Waals surface area contributed by atoms with E-state index >= 15 is 0 Å². The maximum Gasteiger partial charge on any atom is 0.222 e. The molecule has 0 saturated heterocycles. The minimum atomic E-state index is -0.665. The van der Waals surface area contributed by atoms with Gasteiger partial charge in [0, 0.05) is 18.4 Å². The van der Waals surface area contributed by atoms with Crippen molar-refractivity contribution in [1.82, 2.24) is 9.97 Å². The molecule has 0 aliphatic rings. The SMILES string of the molecule is CC(CC(C)(C)O)Nc1ncccn1. The number of anilines is 1. The Kier molecular flexibility index (Phi) is 3.41. The number of aromatic nitrogens is 2. The van der Waals surface area contributed by atoms with Gasteiger partial charge < -0.3 is 10.4 Å². The summed E-state index contributed by atoms with van der Waals surface area (Å²) in [4.78, 5) is 8.09. The second-order valence-electron chi connectivity index (χ2n) is 4.13. The summed E-state index contributed by atoms with van der Waals surface area (Å²) in [5.41, 5.74) is -0.665. The number of aliphatic hydroxyl groups is 1. The molecule has 14 heavy (non-hydrogen) atoms. The predicted molar refractivity (Wildman–Crippen MR) is 56.0 cm³/mol. The second-order valence-corrected chi connectivity index (χ2v) is 4.13. The van der Waals surface area contributed by atoms with E-state index < -0.39 is 5.60 Å². The second kappa shape index (κ2) is 4.37. The Hall–Kier alpha value is -1.16. The number of hydrogen-bond acceptors (Lipinski definition) is 4. The molecule has 1 heterocycles. The summed E-state index contributed by atoms with van der Waals surface area (Å²) in [6.07, 6.45) is 4.03. The molecule has 4 nitrogen and oxygen atoms in total. The van der Waals surface area contributed by atoms with Crippen LogP contribution in [0.15, 0.2) is 18.5 Å². The highest BCUT2D eigenvalue weighted by molar-refractivity contribution is 5.23. The fourth-order valence-electron chi connectivity index (χ4n) is 1.39. The summed E-state index contributed by atoms with van der Waals surface area (Å²) in [5.74, 6) is 0.601. The molecule has 4 heteroatoms. The first kappa shape index (κ1) is 10.9. The largest absolute Gasteiger partial charge is 0.390 e. The first-order valence-corrected chi connectivity index (χ1v) is 4.73. The average molecular weight is 195 g/mol. The van der Waals surface area contributed by atoms with Crippen LogP contribution in [0, 0.1) is 0 Å². The van der Waals surface area contributed by atoms with E-state index in [-0.39, 0.29) is 6.04 Å². The van der Waals surface area contributed by atoms with Crippen LogP contribution in [0.1, 0.15) is 27.2 Å². The fourth-order valence-corrected chi connectivity index (χ4v) is 1.39. The zero-order chi connectivity index (χ0) is 10.6. The van der Waals surface area contributed by atoms with Gasteiger partial charge in [-0.3, -0.25) is 0 Å². The molecule has 1 aromatic rings. The van der Waals surface area contributed by atoms with E-state index in [1.54, 1.807) is 32.3 Å². The van der Waals surface area contributed by atoms with Gasteiger partial charge in [0.05, 0.1) is 5.60 Å². The minimum Gasteiger partial charge on any atom is -0.390 e. The molecule has 78 valence electrons. The highest BCUT2D eigenvalue weighted by Crippen LogP contribution is 2.12. The summed E-state index contributed by atoms with van der Waals surface area (Å²) in [6, 6.07) is 1.92. The zero-order valence-corrected chi connectivity index (χ0v) is 8.86. The molecule has 0 saturated carbocycles. The summed E-state index contributed by atoms with van der Waals surface area (Å²) >= 11 is 0. The highest BCUT2D eigenvalue weighted by atomic mass is 16.3. The molecule has 0 aliphatic carbocycles. The van der Waals surface area contributed by atoms with Crippen molar-refractivity contribution in [2.24, 2.45) is 0 Å². The maximum atomic E-state index is 9.59. The van der Waals surface area contributed by atoms with Gasteiger partial charge in [-0.05, 0) is 33.3 Å². The Balaban J connectivity index is 2.46. The first-order chi connectivity index (χ1) is 6.47. The molecule has 0 fully saturated rings. The van der Waals surface area contributed by atoms with Crippen LogP contribution in [-0.2, 0) is 0 Å². The van der Waals surface area contributed by atoms with Crippen molar-refractivity contribution in [3.8, 4) is 0 Å². The Morgan fingerprint density at radius 1 is 1.43 bits per heavy atom. The van der Waals surface area contributed by atoms with Gasteiger partial charge >= 0.3 is 0 Å². The van der Waals surface area contributed by atoms with Gasteiger partial charge in [0.1, 0.15) is 0 Å². The lowest BCUT2D eigenvalue weighted by Gasteiger charge is -2.22. The quantitative estimate of drug-likeness (QED) is 0.763. The van der Waals surface area contributed by atoms with Gasteiger partial charge in [-0.15, -0.1) is 0 Å². The number of rotatable bonds is 4. The van der Waals surface area contributed by atoms with Crippen molar-refractivity contribution in [2.45, 2.75) is 38.8 Å². The maximum absolute atomic E-state index is 9.59. The number of nitrogens with one attached hydrogen (secondary N) is 1. The summed E-state index contributed by atoms with van der Waals surface area (Å²) in [6.45, 7) is 5.57. The molecule has 0 bridgehead atoms. The van der Waals surface area contributed by atoms with E-state index in [9.17, 15) is 5.11 Å². The van der Waals surface area contributed by atoms with Gasteiger partial charge in [0.15, 0.2) is 0 Å². The van der Waals surface area contributed by atoms with Crippen molar-refractivity contribution in [1.29, 1.82) is 0 Å². The van der Waals surface area contributed by atoms with E-state index in [0.717, 1.165) is 0 Å². The van der Waals surface area contributed by atoms with Gasteiger partial charge in [0.25, 0.3) is 0 Å². The Bertz CT molecular complexity index is 268. The van der Waals surface area contributed by atoms with Crippen LogP contribution in [-0.4, -0.2) is 26.7 Å². The smallest absolute Gasteiger partial charge is 0.222 e. The molecule has 1 unspecified atom stereocenters. The molecule has 1 atom stereocenters. The molecular formula is C10H17N3O. The third-order valence-corrected chi connectivity index (χ3v) is 1.75. The first-order valence-electron chi connectivity index (χ1n) is 4.73. The van der Waals surface area contributed by atoms with Crippen LogP contribution in [0.5, 0.6) is 0 Å². The van der Waals surface area contributed by atoms with Crippen LogP contribution in [0.3, 0.4) is 0 Å². The Labute approximate surface area is 84.4 Å². The van der Waals surface area contributed by atoms with Crippen LogP contribution in [0.2, 0.25) is 0 Å². The molecular weight excluding hydrogens is 178 g/mol. The monoisotopic (exact) mass is 195 g/mol. The Morgan fingerprint density at radius 2 is 2.00 bits per heavy atom. The molecule has 0 aliphatic heterocycles. The van der Waals surface area contributed by atoms with Crippen molar-refractivity contribution in [3.63, 3.8) is 0 Å².